The van der Waals surface area contributed by atoms with Gasteiger partial charge >= 0.3 is 0 Å². The molecule has 2 saturated heterocycles. The van der Waals surface area contributed by atoms with Gasteiger partial charge in [-0.2, -0.15) is 0 Å². The van der Waals surface area contributed by atoms with Crippen LogP contribution in [-0.2, 0) is 9.53 Å². The Morgan fingerprint density at radius 2 is 1.53 bits per heavy atom. The molecule has 0 unspecified atom stereocenters. The standard InChI is InChI=1S/C25H27F2N3O4/c26-19-7-5-18(6-8-19)23(31)28-22(25(33)30-13-15-34-16-14-30)17-9-11-29(12-10-17)24(32)20-3-1-2-4-21(20)27/h1-8,17,22H,9-16H2,(H,28,31)/t22-/m1/s1. The van der Waals surface area contributed by atoms with E-state index < -0.39 is 23.6 Å². The number of likely N-dealkylation sites (tertiary alicyclic amines) is 1. The number of halogens is 2. The molecule has 7 nitrogen and oxygen atoms in total. The van der Waals surface area contributed by atoms with Crippen molar-refractivity contribution in [1.29, 1.82) is 0 Å². The molecule has 2 aliphatic heterocycles. The second kappa shape index (κ2) is 10.7. The highest BCUT2D eigenvalue weighted by molar-refractivity contribution is 5.98. The third-order valence-electron chi connectivity index (χ3n) is 6.38. The minimum atomic E-state index is -0.790. The number of ether oxygens (including phenoxy) is 1. The fourth-order valence-corrected chi connectivity index (χ4v) is 4.43. The third kappa shape index (κ3) is 5.41. The Kier molecular flexibility index (Phi) is 7.52. The molecule has 0 saturated carbocycles. The van der Waals surface area contributed by atoms with Crippen LogP contribution >= 0.6 is 0 Å². The first-order valence-corrected chi connectivity index (χ1v) is 11.4. The van der Waals surface area contributed by atoms with E-state index in [9.17, 15) is 23.2 Å². The van der Waals surface area contributed by atoms with Crippen molar-refractivity contribution in [2.75, 3.05) is 39.4 Å². The van der Waals surface area contributed by atoms with E-state index in [1.54, 1.807) is 15.9 Å². The maximum Gasteiger partial charge on any atom is 0.256 e. The van der Waals surface area contributed by atoms with Crippen molar-refractivity contribution in [1.82, 2.24) is 15.1 Å². The number of rotatable bonds is 5. The van der Waals surface area contributed by atoms with Crippen molar-refractivity contribution in [3.05, 3.63) is 71.3 Å². The van der Waals surface area contributed by atoms with Gasteiger partial charge in [0, 0.05) is 31.7 Å². The topological polar surface area (TPSA) is 79.0 Å². The van der Waals surface area contributed by atoms with Gasteiger partial charge in [0.1, 0.15) is 17.7 Å². The number of benzene rings is 2. The maximum absolute atomic E-state index is 14.1. The van der Waals surface area contributed by atoms with Gasteiger partial charge in [0.2, 0.25) is 5.91 Å². The molecule has 9 heteroatoms. The highest BCUT2D eigenvalue weighted by atomic mass is 19.1. The van der Waals surface area contributed by atoms with Crippen LogP contribution in [0.1, 0.15) is 33.6 Å². The number of hydrogen-bond donors (Lipinski definition) is 1. The van der Waals surface area contributed by atoms with Gasteiger partial charge in [-0.05, 0) is 55.2 Å². The maximum atomic E-state index is 14.1. The number of piperidine rings is 1. The fraction of sp³-hybridized carbons (Fsp3) is 0.400. The van der Waals surface area contributed by atoms with Crippen LogP contribution < -0.4 is 5.32 Å². The second-order valence-electron chi connectivity index (χ2n) is 8.51. The molecule has 0 aromatic heterocycles. The van der Waals surface area contributed by atoms with Crippen molar-refractivity contribution in [2.45, 2.75) is 18.9 Å². The van der Waals surface area contributed by atoms with Gasteiger partial charge in [-0.25, -0.2) is 8.78 Å². The van der Waals surface area contributed by atoms with Crippen molar-refractivity contribution in [3.8, 4) is 0 Å². The van der Waals surface area contributed by atoms with E-state index in [2.05, 4.69) is 5.32 Å². The number of carbonyl (C=O) groups excluding carboxylic acids is 3. The van der Waals surface area contributed by atoms with Crippen LogP contribution in [0.2, 0.25) is 0 Å². The Morgan fingerprint density at radius 1 is 0.882 bits per heavy atom. The molecule has 2 fully saturated rings. The number of carbonyl (C=O) groups is 3. The zero-order valence-corrected chi connectivity index (χ0v) is 18.7. The monoisotopic (exact) mass is 471 g/mol. The molecule has 2 aliphatic rings. The first kappa shape index (κ1) is 23.8. The van der Waals surface area contributed by atoms with Crippen LogP contribution in [-0.4, -0.2) is 73.0 Å². The summed E-state index contributed by atoms with van der Waals surface area (Å²) in [5.41, 5.74) is 0.278. The van der Waals surface area contributed by atoms with Gasteiger partial charge in [-0.15, -0.1) is 0 Å². The highest BCUT2D eigenvalue weighted by Crippen LogP contribution is 2.25. The summed E-state index contributed by atoms with van der Waals surface area (Å²) in [6, 6.07) is 10.2. The molecule has 2 aromatic carbocycles. The van der Waals surface area contributed by atoms with Gasteiger partial charge in [0.25, 0.3) is 11.8 Å². The lowest BCUT2D eigenvalue weighted by molar-refractivity contribution is -0.139. The molecule has 0 bridgehead atoms. The zero-order chi connectivity index (χ0) is 24.1. The van der Waals surface area contributed by atoms with Crippen molar-refractivity contribution in [2.24, 2.45) is 5.92 Å². The molecule has 180 valence electrons. The predicted octanol–water partition coefficient (Wildman–Crippen LogP) is 2.47. The number of nitrogens with one attached hydrogen (secondary N) is 1. The van der Waals surface area contributed by atoms with E-state index in [1.807, 2.05) is 0 Å². The summed E-state index contributed by atoms with van der Waals surface area (Å²) in [6.07, 6.45) is 0.954. The lowest BCUT2D eigenvalue weighted by atomic mass is 9.87. The van der Waals surface area contributed by atoms with E-state index >= 15 is 0 Å². The van der Waals surface area contributed by atoms with Crippen LogP contribution in [0.4, 0.5) is 8.78 Å². The van der Waals surface area contributed by atoms with E-state index in [4.69, 9.17) is 4.74 Å². The minimum absolute atomic E-state index is 0.0199. The van der Waals surface area contributed by atoms with E-state index in [-0.39, 0.29) is 28.9 Å². The van der Waals surface area contributed by atoms with Gasteiger partial charge in [0.05, 0.1) is 18.8 Å². The Balaban J connectivity index is 1.47. The number of nitrogens with zero attached hydrogens (tertiary/aromatic N) is 2. The van der Waals surface area contributed by atoms with Gasteiger partial charge in [-0.3, -0.25) is 14.4 Å². The Labute approximate surface area is 196 Å². The van der Waals surface area contributed by atoms with Crippen LogP contribution in [0.15, 0.2) is 48.5 Å². The van der Waals surface area contributed by atoms with Crippen LogP contribution in [0, 0.1) is 17.6 Å². The summed E-state index contributed by atoms with van der Waals surface area (Å²) in [5, 5.41) is 2.85. The zero-order valence-electron chi connectivity index (χ0n) is 18.7. The average Bonchev–Trinajstić information content (AvgIpc) is 2.88. The normalized spacial score (nSPS) is 17.8. The lowest BCUT2D eigenvalue weighted by Gasteiger charge is -2.38. The molecule has 2 aromatic rings. The molecule has 1 atom stereocenters. The highest BCUT2D eigenvalue weighted by Gasteiger charge is 2.37. The Morgan fingerprint density at radius 3 is 2.18 bits per heavy atom. The number of amides is 3. The summed E-state index contributed by atoms with van der Waals surface area (Å²) in [7, 11) is 0. The first-order valence-electron chi connectivity index (χ1n) is 11.4. The Hall–Kier alpha value is -3.33. The number of hydrogen-bond acceptors (Lipinski definition) is 4. The fourth-order valence-electron chi connectivity index (χ4n) is 4.43. The summed E-state index contributed by atoms with van der Waals surface area (Å²) in [5.74, 6) is -2.27. The third-order valence-corrected chi connectivity index (χ3v) is 6.38. The van der Waals surface area contributed by atoms with Crippen LogP contribution in [0.5, 0.6) is 0 Å². The van der Waals surface area contributed by atoms with Crippen LogP contribution in [0.25, 0.3) is 0 Å². The van der Waals surface area contributed by atoms with Crippen molar-refractivity contribution < 1.29 is 27.9 Å². The van der Waals surface area contributed by atoms with Gasteiger partial charge in [-0.1, -0.05) is 12.1 Å². The van der Waals surface area contributed by atoms with Crippen molar-refractivity contribution >= 4 is 17.7 Å². The second-order valence-corrected chi connectivity index (χ2v) is 8.51. The largest absolute Gasteiger partial charge is 0.378 e. The summed E-state index contributed by atoms with van der Waals surface area (Å²) >= 11 is 0. The molecule has 0 radical (unpaired) electrons. The average molecular weight is 472 g/mol. The first-order chi connectivity index (χ1) is 16.4. The molecular weight excluding hydrogens is 444 g/mol. The van der Waals surface area contributed by atoms with E-state index in [0.717, 1.165) is 0 Å². The number of morpholine rings is 1. The molecular formula is C25H27F2N3O4. The van der Waals surface area contributed by atoms with Crippen LogP contribution in [0.3, 0.4) is 0 Å². The van der Waals surface area contributed by atoms with Gasteiger partial charge < -0.3 is 19.9 Å². The summed E-state index contributed by atoms with van der Waals surface area (Å²) < 4.78 is 32.7. The minimum Gasteiger partial charge on any atom is -0.378 e. The quantitative estimate of drug-likeness (QED) is 0.727. The molecule has 1 N–H and O–H groups in total. The summed E-state index contributed by atoms with van der Waals surface area (Å²) in [6.45, 7) is 2.42. The lowest BCUT2D eigenvalue weighted by Crippen LogP contribution is -2.56. The molecule has 3 amide bonds. The molecule has 4 rings (SSSR count). The molecule has 34 heavy (non-hydrogen) atoms. The molecule has 0 aliphatic carbocycles. The Bertz CT molecular complexity index is 1030. The van der Waals surface area contributed by atoms with E-state index in [1.165, 1.54) is 42.5 Å². The predicted molar refractivity (Wildman–Crippen MR) is 120 cm³/mol. The SMILES string of the molecule is O=C(N[C@@H](C(=O)N1CCOCC1)C1CCN(C(=O)c2ccccc2F)CC1)c1ccc(F)cc1. The summed E-state index contributed by atoms with van der Waals surface area (Å²) in [4.78, 5) is 42.2. The van der Waals surface area contributed by atoms with Crippen molar-refractivity contribution in [3.63, 3.8) is 0 Å². The molecule has 2 heterocycles. The molecule has 0 spiro atoms. The van der Waals surface area contributed by atoms with E-state index in [0.29, 0.717) is 52.2 Å². The smallest absolute Gasteiger partial charge is 0.256 e. The van der Waals surface area contributed by atoms with Gasteiger partial charge in [0.15, 0.2) is 0 Å².